The second kappa shape index (κ2) is 7.02. The molecule has 4 rings (SSSR count). The molecule has 0 aliphatic carbocycles. The quantitative estimate of drug-likeness (QED) is 0.635. The molecule has 148 valence electrons. The fraction of sp³-hybridized carbons (Fsp3) is 0.294. The number of furan rings is 1. The van der Waals surface area contributed by atoms with Crippen LogP contribution < -0.4 is 4.72 Å². The third-order valence-electron chi connectivity index (χ3n) is 4.48. The SMILES string of the molecule is CSNC1CN(C(=O)c2nc3c(C(F)(F)F)cc(-c4ccoc4)cn3c2Cl)C1. The molecule has 0 aromatic carbocycles. The van der Waals surface area contributed by atoms with E-state index in [0.717, 1.165) is 10.5 Å². The first-order chi connectivity index (χ1) is 13.3. The molecule has 6 nitrogen and oxygen atoms in total. The molecule has 1 amide bonds. The number of aromatic nitrogens is 2. The van der Waals surface area contributed by atoms with Gasteiger partial charge in [-0.1, -0.05) is 23.5 Å². The highest BCUT2D eigenvalue weighted by Gasteiger charge is 2.38. The Balaban J connectivity index is 1.78. The Morgan fingerprint density at radius 2 is 2.14 bits per heavy atom. The first-order valence-corrected chi connectivity index (χ1v) is 9.79. The molecule has 0 saturated carbocycles. The Morgan fingerprint density at radius 3 is 2.75 bits per heavy atom. The van der Waals surface area contributed by atoms with E-state index >= 15 is 0 Å². The smallest absolute Gasteiger partial charge is 0.420 e. The van der Waals surface area contributed by atoms with Gasteiger partial charge in [-0.25, -0.2) is 4.98 Å². The van der Waals surface area contributed by atoms with E-state index in [1.807, 2.05) is 6.26 Å². The first-order valence-electron chi connectivity index (χ1n) is 8.18. The Kier molecular flexibility index (Phi) is 4.80. The maximum atomic E-state index is 13.6. The van der Waals surface area contributed by atoms with E-state index in [1.54, 1.807) is 0 Å². The zero-order chi connectivity index (χ0) is 20.1. The van der Waals surface area contributed by atoms with Crippen LogP contribution in [0.5, 0.6) is 0 Å². The molecule has 3 aromatic rings. The van der Waals surface area contributed by atoms with E-state index in [2.05, 4.69) is 9.71 Å². The molecule has 1 saturated heterocycles. The van der Waals surface area contributed by atoms with Gasteiger partial charge in [-0.15, -0.1) is 0 Å². The van der Waals surface area contributed by atoms with E-state index in [9.17, 15) is 18.0 Å². The summed E-state index contributed by atoms with van der Waals surface area (Å²) in [7, 11) is 0. The lowest BCUT2D eigenvalue weighted by atomic mass is 10.1. The van der Waals surface area contributed by atoms with Crippen molar-refractivity contribution in [3.05, 3.63) is 47.3 Å². The van der Waals surface area contributed by atoms with Crippen LogP contribution in [0.2, 0.25) is 5.15 Å². The van der Waals surface area contributed by atoms with Crippen LogP contribution in [0.25, 0.3) is 16.8 Å². The minimum absolute atomic E-state index is 0.133. The molecule has 1 N–H and O–H groups in total. The Bertz CT molecular complexity index is 1030. The second-order valence-electron chi connectivity index (χ2n) is 6.33. The van der Waals surface area contributed by atoms with E-state index in [0.29, 0.717) is 18.7 Å². The van der Waals surface area contributed by atoms with Crippen LogP contribution in [0.15, 0.2) is 35.3 Å². The van der Waals surface area contributed by atoms with Crippen molar-refractivity contribution >= 4 is 35.1 Å². The maximum Gasteiger partial charge on any atom is 0.420 e. The number of imidazole rings is 1. The molecule has 1 fully saturated rings. The monoisotopic (exact) mass is 430 g/mol. The van der Waals surface area contributed by atoms with Crippen molar-refractivity contribution in [2.45, 2.75) is 12.2 Å². The van der Waals surface area contributed by atoms with Crippen LogP contribution in [0.1, 0.15) is 16.1 Å². The third kappa shape index (κ3) is 3.25. The third-order valence-corrected chi connectivity index (χ3v) is 5.41. The lowest BCUT2D eigenvalue weighted by molar-refractivity contribution is -0.136. The molecule has 11 heteroatoms. The molecule has 4 heterocycles. The standard InChI is InChI=1S/C17H14ClF3N4O2S/c1-28-23-11-6-24(7-11)16(26)13-14(18)25-5-10(9-2-3-27-8-9)4-12(15(25)22-13)17(19,20)21/h2-5,8,11,23H,6-7H2,1H3. The number of nitrogens with zero attached hydrogens (tertiary/aromatic N) is 3. The van der Waals surface area contributed by atoms with Gasteiger partial charge in [0.2, 0.25) is 0 Å². The number of amides is 1. The van der Waals surface area contributed by atoms with Gasteiger partial charge in [0.05, 0.1) is 24.1 Å². The number of carbonyl (C=O) groups is 1. The molecule has 0 bridgehead atoms. The van der Waals surface area contributed by atoms with Crippen molar-refractivity contribution in [3.63, 3.8) is 0 Å². The van der Waals surface area contributed by atoms with Gasteiger partial charge in [0.15, 0.2) is 11.3 Å². The van der Waals surface area contributed by atoms with Gasteiger partial charge >= 0.3 is 6.18 Å². The van der Waals surface area contributed by atoms with Gasteiger partial charge in [-0.05, 0) is 18.4 Å². The van der Waals surface area contributed by atoms with Crippen LogP contribution >= 0.6 is 23.5 Å². The summed E-state index contributed by atoms with van der Waals surface area (Å²) < 4.78 is 50.1. The first kappa shape index (κ1) is 19.2. The Labute approximate surface area is 166 Å². The van der Waals surface area contributed by atoms with Crippen molar-refractivity contribution in [1.82, 2.24) is 19.0 Å². The van der Waals surface area contributed by atoms with Gasteiger partial charge in [0.25, 0.3) is 5.91 Å². The maximum absolute atomic E-state index is 13.6. The number of carbonyl (C=O) groups excluding carboxylic acids is 1. The van der Waals surface area contributed by atoms with E-state index < -0.39 is 23.3 Å². The average Bonchev–Trinajstić information content (AvgIpc) is 3.24. The summed E-state index contributed by atoms with van der Waals surface area (Å²) in [6, 6.07) is 2.64. The van der Waals surface area contributed by atoms with Crippen molar-refractivity contribution < 1.29 is 22.4 Å². The molecule has 1 aliphatic rings. The van der Waals surface area contributed by atoms with Crippen LogP contribution in [-0.4, -0.2) is 45.6 Å². The summed E-state index contributed by atoms with van der Waals surface area (Å²) >= 11 is 7.71. The summed E-state index contributed by atoms with van der Waals surface area (Å²) in [6.45, 7) is 0.881. The van der Waals surface area contributed by atoms with Crippen LogP contribution in [-0.2, 0) is 6.18 Å². The fourth-order valence-corrected chi connectivity index (χ4v) is 3.82. The summed E-state index contributed by atoms with van der Waals surface area (Å²) in [5, 5.41) is -0.155. The van der Waals surface area contributed by atoms with Gasteiger partial charge in [0, 0.05) is 30.4 Å². The molecule has 0 atom stereocenters. The number of halogens is 4. The van der Waals surface area contributed by atoms with Crippen molar-refractivity contribution in [2.75, 3.05) is 19.3 Å². The molecule has 3 aromatic heterocycles. The average molecular weight is 431 g/mol. The van der Waals surface area contributed by atoms with Crippen LogP contribution in [0.3, 0.4) is 0 Å². The zero-order valence-corrected chi connectivity index (χ0v) is 16.0. The summed E-state index contributed by atoms with van der Waals surface area (Å²) in [4.78, 5) is 18.1. The van der Waals surface area contributed by atoms with E-state index in [-0.39, 0.29) is 22.5 Å². The normalized spacial score (nSPS) is 15.2. The van der Waals surface area contributed by atoms with Crippen LogP contribution in [0.4, 0.5) is 13.2 Å². The predicted octanol–water partition coefficient (Wildman–Crippen LogP) is 3.96. The summed E-state index contributed by atoms with van der Waals surface area (Å²) in [5.41, 5.74) is -0.872. The summed E-state index contributed by atoms with van der Waals surface area (Å²) in [6.07, 6.45) is 1.31. The highest BCUT2D eigenvalue weighted by atomic mass is 35.5. The largest absolute Gasteiger partial charge is 0.472 e. The van der Waals surface area contributed by atoms with E-state index in [4.69, 9.17) is 16.0 Å². The molecule has 28 heavy (non-hydrogen) atoms. The molecular weight excluding hydrogens is 417 g/mol. The number of alkyl halides is 3. The molecular formula is C17H14ClF3N4O2S. The van der Waals surface area contributed by atoms with Crippen LogP contribution in [0, 0.1) is 0 Å². The fourth-order valence-electron chi connectivity index (χ4n) is 3.08. The number of fused-ring (bicyclic) bond motifs is 1. The minimum Gasteiger partial charge on any atom is -0.472 e. The molecule has 1 aliphatic heterocycles. The number of hydrogen-bond acceptors (Lipinski definition) is 5. The predicted molar refractivity (Wildman–Crippen MR) is 99.2 cm³/mol. The highest BCUT2D eigenvalue weighted by Crippen LogP contribution is 2.37. The van der Waals surface area contributed by atoms with Gasteiger partial charge < -0.3 is 9.32 Å². The summed E-state index contributed by atoms with van der Waals surface area (Å²) in [5.74, 6) is -0.495. The highest BCUT2D eigenvalue weighted by molar-refractivity contribution is 7.96. The van der Waals surface area contributed by atoms with Gasteiger partial charge in [0.1, 0.15) is 5.15 Å². The van der Waals surface area contributed by atoms with Gasteiger partial charge in [-0.2, -0.15) is 13.2 Å². The van der Waals surface area contributed by atoms with E-state index in [1.165, 1.54) is 41.6 Å². The minimum atomic E-state index is -4.67. The molecule has 0 radical (unpaired) electrons. The number of pyridine rings is 1. The Morgan fingerprint density at radius 1 is 1.39 bits per heavy atom. The zero-order valence-electron chi connectivity index (χ0n) is 14.5. The number of hydrogen-bond donors (Lipinski definition) is 1. The Hall–Kier alpha value is -2.17. The van der Waals surface area contributed by atoms with Crippen molar-refractivity contribution in [2.24, 2.45) is 0 Å². The molecule has 0 unspecified atom stereocenters. The molecule has 0 spiro atoms. The van der Waals surface area contributed by atoms with Crippen molar-refractivity contribution in [1.29, 1.82) is 0 Å². The van der Waals surface area contributed by atoms with Crippen molar-refractivity contribution in [3.8, 4) is 11.1 Å². The number of rotatable bonds is 4. The topological polar surface area (TPSA) is 62.8 Å². The second-order valence-corrected chi connectivity index (χ2v) is 7.33. The lowest BCUT2D eigenvalue weighted by Gasteiger charge is -2.38. The van der Waals surface area contributed by atoms with Gasteiger partial charge in [-0.3, -0.25) is 13.9 Å². The number of nitrogens with one attached hydrogen (secondary N) is 1. The lowest BCUT2D eigenvalue weighted by Crippen LogP contribution is -2.58. The number of likely N-dealkylation sites (tertiary alicyclic amines) is 1.